The summed E-state index contributed by atoms with van der Waals surface area (Å²) in [5.41, 5.74) is 0. The fourth-order valence-electron chi connectivity index (χ4n) is 2.91. The van der Waals surface area contributed by atoms with Gasteiger partial charge in [-0.3, -0.25) is 9.11 Å². The third-order valence-corrected chi connectivity index (χ3v) is 5.77. The van der Waals surface area contributed by atoms with E-state index in [4.69, 9.17) is 13.8 Å². The molecule has 1 atom stereocenters. The van der Waals surface area contributed by atoms with Crippen molar-refractivity contribution in [3.8, 4) is 0 Å². The van der Waals surface area contributed by atoms with Crippen LogP contribution < -0.4 is 0 Å². The Morgan fingerprint density at radius 3 is 1.48 bits per heavy atom. The molecule has 0 rings (SSSR count). The van der Waals surface area contributed by atoms with Gasteiger partial charge in [0.15, 0.2) is 0 Å². The summed E-state index contributed by atoms with van der Waals surface area (Å²) in [6.45, 7) is 3.94. The van der Waals surface area contributed by atoms with Crippen molar-refractivity contribution in [3.05, 3.63) is 0 Å². The van der Waals surface area contributed by atoms with Crippen LogP contribution in [-0.4, -0.2) is 79.2 Å². The first kappa shape index (κ1) is 30.0. The van der Waals surface area contributed by atoms with Gasteiger partial charge >= 0.3 is 29.6 Å². The third kappa shape index (κ3) is 22.9. The van der Waals surface area contributed by atoms with Gasteiger partial charge in [0.05, 0.1) is 12.2 Å². The number of unbranched alkanes of at least 4 members (excludes halogenated alkanes) is 9. The van der Waals surface area contributed by atoms with Crippen LogP contribution in [0.4, 0.5) is 0 Å². The van der Waals surface area contributed by atoms with E-state index in [0.717, 1.165) is 19.3 Å². The second kappa shape index (κ2) is 16.6. The first-order valence-electron chi connectivity index (χ1n) is 9.59. The molecule has 160 valence electrons. The minimum absolute atomic E-state index is 0. The molecule has 7 nitrogen and oxygen atoms in total. The Kier molecular flexibility index (Phi) is 18.4. The van der Waals surface area contributed by atoms with Crippen molar-refractivity contribution in [1.82, 2.24) is 0 Å². The summed E-state index contributed by atoms with van der Waals surface area (Å²) in [7, 11) is -8.77. The molecular formula is C17H37NaO7S2. The van der Waals surface area contributed by atoms with Gasteiger partial charge in [-0.2, -0.15) is 16.8 Å². The van der Waals surface area contributed by atoms with Crippen molar-refractivity contribution in [3.63, 3.8) is 0 Å². The summed E-state index contributed by atoms with van der Waals surface area (Å²) in [4.78, 5) is 0. The van der Waals surface area contributed by atoms with E-state index >= 15 is 0 Å². The van der Waals surface area contributed by atoms with E-state index < -0.39 is 37.8 Å². The summed E-state index contributed by atoms with van der Waals surface area (Å²) < 4.78 is 67.0. The quantitative estimate of drug-likeness (QED) is 0.202. The van der Waals surface area contributed by atoms with Gasteiger partial charge in [-0.25, -0.2) is 0 Å². The summed E-state index contributed by atoms with van der Waals surface area (Å²) >= 11 is 0. The van der Waals surface area contributed by atoms with E-state index in [1.165, 1.54) is 44.9 Å². The molecule has 2 N–H and O–H groups in total. The summed E-state index contributed by atoms with van der Waals surface area (Å²) in [5, 5.41) is 0. The van der Waals surface area contributed by atoms with Crippen LogP contribution in [0, 0.1) is 0 Å². The Hall–Kier alpha value is 0.780. The predicted octanol–water partition coefficient (Wildman–Crippen LogP) is 3.20. The van der Waals surface area contributed by atoms with Crippen LogP contribution in [0.3, 0.4) is 0 Å². The third-order valence-electron chi connectivity index (χ3n) is 4.18. The molecule has 1 unspecified atom stereocenters. The Balaban J connectivity index is 0. The number of hydrogen-bond donors (Lipinski definition) is 2. The van der Waals surface area contributed by atoms with Crippen molar-refractivity contribution in [2.75, 3.05) is 11.5 Å². The standard InChI is InChI=1S/C17H36O7S2.Na.H/c1-3-4-5-6-7-8-9-10-11-12-13-16(2)24-17(14-25(18,19)20)15-26(21,22)23;;/h16-17H,3-15H2,1-2H3,(H,18,19,20)(H,21,22,23);;. The van der Waals surface area contributed by atoms with Crippen LogP contribution in [0.5, 0.6) is 0 Å². The van der Waals surface area contributed by atoms with Crippen LogP contribution in [0.25, 0.3) is 0 Å². The molecule has 0 aromatic carbocycles. The summed E-state index contributed by atoms with van der Waals surface area (Å²) in [6, 6.07) is 0. The molecule has 0 heterocycles. The Labute approximate surface area is 187 Å². The molecule has 0 aromatic rings. The van der Waals surface area contributed by atoms with E-state index in [1.54, 1.807) is 6.92 Å². The van der Waals surface area contributed by atoms with Gasteiger partial charge in [-0.1, -0.05) is 71.1 Å². The molecule has 0 saturated heterocycles. The zero-order valence-electron chi connectivity index (χ0n) is 16.1. The average Bonchev–Trinajstić information content (AvgIpc) is 2.45. The molecule has 0 aromatic heterocycles. The SMILES string of the molecule is CCCCCCCCCCCCC(C)OC(CS(=O)(=O)O)CS(=O)(=O)O.[NaH]. The van der Waals surface area contributed by atoms with Gasteiger partial charge in [-0.15, -0.1) is 0 Å². The second-order valence-electron chi connectivity index (χ2n) is 7.04. The molecule has 0 bridgehead atoms. The Morgan fingerprint density at radius 1 is 0.741 bits per heavy atom. The van der Waals surface area contributed by atoms with Crippen LogP contribution in [0.2, 0.25) is 0 Å². The van der Waals surface area contributed by atoms with Gasteiger partial charge in [0, 0.05) is 0 Å². The summed E-state index contributed by atoms with van der Waals surface area (Å²) in [6.07, 6.45) is 11.1. The van der Waals surface area contributed by atoms with Crippen molar-refractivity contribution in [2.45, 2.75) is 96.7 Å². The maximum absolute atomic E-state index is 11.0. The average molecular weight is 441 g/mol. The van der Waals surface area contributed by atoms with E-state index in [1.807, 2.05) is 0 Å². The molecule has 0 fully saturated rings. The zero-order chi connectivity index (χ0) is 20.1. The van der Waals surface area contributed by atoms with E-state index in [-0.39, 0.29) is 35.7 Å². The zero-order valence-corrected chi connectivity index (χ0v) is 17.7. The van der Waals surface area contributed by atoms with Gasteiger partial charge in [-0.05, 0) is 13.3 Å². The minimum atomic E-state index is -4.39. The van der Waals surface area contributed by atoms with E-state index in [0.29, 0.717) is 6.42 Å². The molecule has 0 aliphatic rings. The molecule has 10 heteroatoms. The molecule has 0 radical (unpaired) electrons. The van der Waals surface area contributed by atoms with Gasteiger partial charge in [0.25, 0.3) is 20.2 Å². The van der Waals surface area contributed by atoms with Crippen LogP contribution in [0.1, 0.15) is 84.5 Å². The molecule has 0 saturated carbocycles. The predicted molar refractivity (Wildman–Crippen MR) is 111 cm³/mol. The molecule has 0 aliphatic heterocycles. The fourth-order valence-corrected chi connectivity index (χ4v) is 4.39. The number of hydrogen-bond acceptors (Lipinski definition) is 5. The first-order chi connectivity index (χ1) is 12.0. The molecule has 0 aliphatic carbocycles. The van der Waals surface area contributed by atoms with E-state index in [9.17, 15) is 16.8 Å². The normalized spacial score (nSPS) is 13.5. The van der Waals surface area contributed by atoms with Crippen LogP contribution in [-0.2, 0) is 25.0 Å². The maximum atomic E-state index is 11.0. The molecular weight excluding hydrogens is 403 g/mol. The molecule has 0 amide bonds. The number of ether oxygens (including phenoxy) is 1. The van der Waals surface area contributed by atoms with Crippen molar-refractivity contribution < 1.29 is 30.7 Å². The molecule has 0 spiro atoms. The Morgan fingerprint density at radius 2 is 1.11 bits per heavy atom. The summed E-state index contributed by atoms with van der Waals surface area (Å²) in [5.74, 6) is -1.70. The van der Waals surface area contributed by atoms with Crippen molar-refractivity contribution in [2.24, 2.45) is 0 Å². The first-order valence-corrected chi connectivity index (χ1v) is 12.8. The van der Waals surface area contributed by atoms with Crippen LogP contribution in [0.15, 0.2) is 0 Å². The van der Waals surface area contributed by atoms with E-state index in [2.05, 4.69) is 6.92 Å². The van der Waals surface area contributed by atoms with Crippen molar-refractivity contribution >= 4 is 49.8 Å². The van der Waals surface area contributed by atoms with Gasteiger partial charge < -0.3 is 4.74 Å². The van der Waals surface area contributed by atoms with Crippen LogP contribution >= 0.6 is 0 Å². The second-order valence-corrected chi connectivity index (χ2v) is 10.0. The van der Waals surface area contributed by atoms with Crippen molar-refractivity contribution in [1.29, 1.82) is 0 Å². The monoisotopic (exact) mass is 440 g/mol. The Bertz CT molecular complexity index is 516. The van der Waals surface area contributed by atoms with Gasteiger partial charge in [0.2, 0.25) is 0 Å². The van der Waals surface area contributed by atoms with Gasteiger partial charge in [0.1, 0.15) is 11.5 Å². The topological polar surface area (TPSA) is 118 Å². The fraction of sp³-hybridized carbons (Fsp3) is 1.00. The number of rotatable bonds is 17. The molecule has 27 heavy (non-hydrogen) atoms.